The molecule has 0 saturated carbocycles. The fraction of sp³-hybridized carbons (Fsp3) is 0.850. The molecule has 0 aliphatic heterocycles. The van der Waals surface area contributed by atoms with E-state index in [1.807, 2.05) is 0 Å². The van der Waals surface area contributed by atoms with Gasteiger partial charge in [-0.05, 0) is 12.8 Å². The third-order valence-corrected chi connectivity index (χ3v) is 3.86. The van der Waals surface area contributed by atoms with Crippen molar-refractivity contribution in [1.29, 1.82) is 0 Å². The van der Waals surface area contributed by atoms with Crippen molar-refractivity contribution in [2.75, 3.05) is 27.7 Å². The Labute approximate surface area is 161 Å². The van der Waals surface area contributed by atoms with Crippen molar-refractivity contribution < 1.29 is 31.4 Å². The lowest BCUT2D eigenvalue weighted by molar-refractivity contribution is -0.870. The van der Waals surface area contributed by atoms with Gasteiger partial charge in [0.2, 0.25) is 0 Å². The molecule has 0 unspecified atom stereocenters. The molecule has 0 amide bonds. The Bertz CT molecular complexity index is 275. The summed E-state index contributed by atoms with van der Waals surface area (Å²) < 4.78 is 1.12. The highest BCUT2D eigenvalue weighted by atomic mass is 79.9. The van der Waals surface area contributed by atoms with E-state index >= 15 is 0 Å². The third kappa shape index (κ3) is 33.3. The van der Waals surface area contributed by atoms with Crippen LogP contribution in [0, 0.1) is 0 Å². The number of carbonyl (C=O) groups is 1. The molecule has 0 aromatic carbocycles. The molecule has 0 bridgehead atoms. The number of nitrogens with zero attached hydrogens (tertiary/aromatic N) is 1. The number of carboxylic acids is 1. The zero-order valence-corrected chi connectivity index (χ0v) is 18.2. The first-order valence-electron chi connectivity index (χ1n) is 9.49. The molecule has 1 N–H and O–H groups in total. The van der Waals surface area contributed by atoms with Crippen LogP contribution in [0.4, 0.5) is 0 Å². The van der Waals surface area contributed by atoms with Crippen LogP contribution in [0.3, 0.4) is 0 Å². The van der Waals surface area contributed by atoms with Crippen LogP contribution >= 0.6 is 0 Å². The first kappa shape index (κ1) is 28.5. The number of unbranched alkanes of at least 4 members (excludes halogenated alkanes) is 11. The Balaban J connectivity index is -0.000000639. The maximum absolute atomic E-state index is 9.25. The summed E-state index contributed by atoms with van der Waals surface area (Å²) in [5.74, 6) is -0.981. The zero-order chi connectivity index (χ0) is 18.0. The fourth-order valence-corrected chi connectivity index (χ4v) is 2.43. The molecule has 4 heteroatoms. The fourth-order valence-electron chi connectivity index (χ4n) is 2.43. The molecule has 0 spiro atoms. The van der Waals surface area contributed by atoms with Gasteiger partial charge in [-0.15, -0.1) is 0 Å². The number of halogens is 1. The molecule has 0 atom stereocenters. The lowest BCUT2D eigenvalue weighted by Crippen LogP contribution is -3.00. The Hall–Kier alpha value is -0.350. The Morgan fingerprint density at radius 3 is 1.38 bits per heavy atom. The lowest BCUT2D eigenvalue weighted by Gasteiger charge is -2.23. The number of hydrogen-bond donors (Lipinski definition) is 1. The minimum Gasteiger partial charge on any atom is -1.00 e. The molecule has 3 nitrogen and oxygen atoms in total. The van der Waals surface area contributed by atoms with Crippen molar-refractivity contribution >= 4 is 5.97 Å². The van der Waals surface area contributed by atoms with E-state index < -0.39 is 5.97 Å². The number of quaternary nitrogens is 1. The van der Waals surface area contributed by atoms with Gasteiger partial charge >= 0.3 is 5.97 Å². The van der Waals surface area contributed by atoms with Gasteiger partial charge in [0, 0.05) is 6.08 Å². The Morgan fingerprint density at radius 2 is 1.12 bits per heavy atom. The van der Waals surface area contributed by atoms with E-state index in [-0.39, 0.29) is 17.0 Å². The van der Waals surface area contributed by atoms with E-state index in [0.717, 1.165) is 10.6 Å². The van der Waals surface area contributed by atoms with Gasteiger partial charge in [0.15, 0.2) is 0 Å². The van der Waals surface area contributed by atoms with E-state index in [4.69, 9.17) is 5.11 Å². The van der Waals surface area contributed by atoms with Crippen molar-refractivity contribution in [3.8, 4) is 0 Å². The Morgan fingerprint density at radius 1 is 0.833 bits per heavy atom. The zero-order valence-electron chi connectivity index (χ0n) is 16.7. The largest absolute Gasteiger partial charge is 1.00 e. The number of carboxylic acid groups (broad SMARTS) is 1. The quantitative estimate of drug-likeness (QED) is 0.273. The van der Waals surface area contributed by atoms with Gasteiger partial charge in [0.1, 0.15) is 0 Å². The molecule has 24 heavy (non-hydrogen) atoms. The topological polar surface area (TPSA) is 37.3 Å². The van der Waals surface area contributed by atoms with E-state index in [0.29, 0.717) is 0 Å². The molecule has 0 heterocycles. The smallest absolute Gasteiger partial charge is 0.327 e. The standard InChI is InChI=1S/C17H38N.C3H4O2.BrH/c1-5-6-7-8-9-10-11-12-13-14-15-16-17-18(2,3)4;1-2-3(4)5;/h5-17H2,1-4H3;2H,1H2,(H,4,5);1H/q+1;;/p-1. The van der Waals surface area contributed by atoms with Crippen LogP contribution < -0.4 is 17.0 Å². The second-order valence-electron chi connectivity index (χ2n) is 7.45. The molecule has 0 fully saturated rings. The average Bonchev–Trinajstić information content (AvgIpc) is 2.48. The summed E-state index contributed by atoms with van der Waals surface area (Å²) in [5.41, 5.74) is 0. The molecule has 146 valence electrons. The second kappa shape index (κ2) is 20.7. The molecule has 0 aromatic heterocycles. The van der Waals surface area contributed by atoms with Gasteiger partial charge in [-0.2, -0.15) is 0 Å². The summed E-state index contributed by atoms with van der Waals surface area (Å²) in [6.45, 7) is 6.58. The summed E-state index contributed by atoms with van der Waals surface area (Å²) in [5, 5.41) is 7.60. The van der Waals surface area contributed by atoms with Crippen molar-refractivity contribution in [1.82, 2.24) is 0 Å². The number of rotatable bonds is 14. The minimum atomic E-state index is -0.981. The highest BCUT2D eigenvalue weighted by Crippen LogP contribution is 2.12. The first-order valence-corrected chi connectivity index (χ1v) is 9.49. The van der Waals surface area contributed by atoms with Gasteiger partial charge in [-0.1, -0.05) is 77.7 Å². The molecule has 0 radical (unpaired) electrons. The highest BCUT2D eigenvalue weighted by molar-refractivity contribution is 5.78. The molecule has 0 aromatic rings. The van der Waals surface area contributed by atoms with Gasteiger partial charge in [-0.25, -0.2) is 4.79 Å². The van der Waals surface area contributed by atoms with Gasteiger partial charge in [-0.3, -0.25) is 0 Å². The van der Waals surface area contributed by atoms with Crippen molar-refractivity contribution in [3.05, 3.63) is 12.7 Å². The molecule has 0 aliphatic carbocycles. The summed E-state index contributed by atoms with van der Waals surface area (Å²) >= 11 is 0. The summed E-state index contributed by atoms with van der Waals surface area (Å²) in [6, 6.07) is 0. The SMILES string of the molecule is C=CC(=O)O.CCCCCCCCCCCCCC[N+](C)(C)C.[Br-]. The summed E-state index contributed by atoms with van der Waals surface area (Å²) in [6.07, 6.45) is 18.2. The average molecular weight is 408 g/mol. The van der Waals surface area contributed by atoms with Crippen LogP contribution in [0.15, 0.2) is 12.7 Å². The van der Waals surface area contributed by atoms with Gasteiger partial charge in [0.25, 0.3) is 0 Å². The van der Waals surface area contributed by atoms with Crippen molar-refractivity contribution in [2.24, 2.45) is 0 Å². The normalized spacial score (nSPS) is 10.3. The third-order valence-electron chi connectivity index (χ3n) is 3.86. The minimum absolute atomic E-state index is 0. The highest BCUT2D eigenvalue weighted by Gasteiger charge is 2.04. The molecule has 0 rings (SSSR count). The summed E-state index contributed by atoms with van der Waals surface area (Å²) in [7, 11) is 6.87. The maximum Gasteiger partial charge on any atom is 0.327 e. The maximum atomic E-state index is 9.25. The molecule has 0 saturated heterocycles. The van der Waals surface area contributed by atoms with E-state index in [1.165, 1.54) is 83.6 Å². The lowest BCUT2D eigenvalue weighted by atomic mass is 10.1. The van der Waals surface area contributed by atoms with E-state index in [2.05, 4.69) is 34.6 Å². The van der Waals surface area contributed by atoms with Crippen LogP contribution in [-0.2, 0) is 4.79 Å². The predicted molar refractivity (Wildman–Crippen MR) is 102 cm³/mol. The number of hydrogen-bond acceptors (Lipinski definition) is 1. The van der Waals surface area contributed by atoms with Crippen LogP contribution in [-0.4, -0.2) is 43.2 Å². The molecular formula is C20H42BrNO2. The van der Waals surface area contributed by atoms with Crippen LogP contribution in [0.2, 0.25) is 0 Å². The van der Waals surface area contributed by atoms with E-state index in [1.54, 1.807) is 0 Å². The number of aliphatic carboxylic acids is 1. The Kier molecular flexibility index (Phi) is 24.5. The second-order valence-corrected chi connectivity index (χ2v) is 7.45. The van der Waals surface area contributed by atoms with Gasteiger partial charge < -0.3 is 26.6 Å². The van der Waals surface area contributed by atoms with Crippen LogP contribution in [0.5, 0.6) is 0 Å². The monoisotopic (exact) mass is 407 g/mol. The van der Waals surface area contributed by atoms with E-state index in [9.17, 15) is 4.79 Å². The van der Waals surface area contributed by atoms with Crippen LogP contribution in [0.25, 0.3) is 0 Å². The van der Waals surface area contributed by atoms with Gasteiger partial charge in [0.05, 0.1) is 27.7 Å². The molecule has 0 aliphatic rings. The molecular weight excluding hydrogens is 366 g/mol. The summed E-state index contributed by atoms with van der Waals surface area (Å²) in [4.78, 5) is 9.25. The predicted octanol–water partition coefficient (Wildman–Crippen LogP) is 2.65. The van der Waals surface area contributed by atoms with Crippen LogP contribution in [0.1, 0.15) is 84.0 Å². The van der Waals surface area contributed by atoms with Crippen molar-refractivity contribution in [3.63, 3.8) is 0 Å². The van der Waals surface area contributed by atoms with Crippen molar-refractivity contribution in [2.45, 2.75) is 84.0 Å². The first-order chi connectivity index (χ1) is 10.8.